The summed E-state index contributed by atoms with van der Waals surface area (Å²) < 4.78 is 34.4. The first-order valence-electron chi connectivity index (χ1n) is 6.62. The lowest BCUT2D eigenvalue weighted by atomic mass is 10.1. The molecule has 2 N–H and O–H groups in total. The quantitative estimate of drug-likeness (QED) is 0.821. The molecule has 2 aliphatic rings. The molecule has 1 aromatic rings. The van der Waals surface area contributed by atoms with E-state index in [0.717, 1.165) is 5.56 Å². The molecule has 2 atom stereocenters. The molecule has 1 saturated heterocycles. The Labute approximate surface area is 127 Å². The molecule has 2 fully saturated rings. The highest BCUT2D eigenvalue weighted by Gasteiger charge is 2.65. The Hall–Kier alpha value is -2.13. The summed E-state index contributed by atoms with van der Waals surface area (Å²) in [5.41, 5.74) is 4.44. The highest BCUT2D eigenvalue weighted by atomic mass is 32.2. The third-order valence-corrected chi connectivity index (χ3v) is 5.16. The Morgan fingerprint density at radius 2 is 2.05 bits per heavy atom. The van der Waals surface area contributed by atoms with Gasteiger partial charge in [0.15, 0.2) is 5.60 Å². The van der Waals surface area contributed by atoms with Crippen LogP contribution in [-0.2, 0) is 24.0 Å². The third-order valence-electron chi connectivity index (χ3n) is 3.78. The van der Waals surface area contributed by atoms with E-state index in [2.05, 4.69) is 4.74 Å². The van der Waals surface area contributed by atoms with Crippen molar-refractivity contribution in [2.24, 2.45) is 5.73 Å². The number of hydrogen-bond donors (Lipinski definition) is 1. The van der Waals surface area contributed by atoms with Gasteiger partial charge in [-0.2, -0.15) is 12.7 Å². The molecule has 118 valence electrons. The molecule has 1 heterocycles. The first-order chi connectivity index (χ1) is 10.4. The molecule has 1 aromatic carbocycles. The lowest BCUT2D eigenvalue weighted by molar-refractivity contribution is -0.126. The molecule has 0 spiro atoms. The van der Waals surface area contributed by atoms with Crippen molar-refractivity contribution < 1.29 is 26.9 Å². The van der Waals surface area contributed by atoms with E-state index < -0.39 is 33.8 Å². The van der Waals surface area contributed by atoms with Crippen LogP contribution >= 0.6 is 0 Å². The van der Waals surface area contributed by atoms with Crippen LogP contribution in [0.5, 0.6) is 0 Å². The average molecular weight is 326 g/mol. The Morgan fingerprint density at radius 1 is 1.36 bits per heavy atom. The molecule has 3 rings (SSSR count). The summed E-state index contributed by atoms with van der Waals surface area (Å²) in [7, 11) is -4.43. The van der Waals surface area contributed by atoms with E-state index in [1.807, 2.05) is 0 Å². The summed E-state index contributed by atoms with van der Waals surface area (Å²) in [4.78, 5) is 23.1. The van der Waals surface area contributed by atoms with Crippen molar-refractivity contribution in [3.63, 3.8) is 0 Å². The lowest BCUT2D eigenvalue weighted by Crippen LogP contribution is -2.42. The maximum atomic E-state index is 12.2. The molecular weight excluding hydrogens is 312 g/mol. The van der Waals surface area contributed by atoms with Crippen LogP contribution in [0.3, 0.4) is 0 Å². The van der Waals surface area contributed by atoms with Crippen LogP contribution < -0.4 is 5.73 Å². The maximum Gasteiger partial charge on any atom is 0.425 e. The minimum absolute atomic E-state index is 0.0485. The first kappa shape index (κ1) is 14.8. The fourth-order valence-electron chi connectivity index (χ4n) is 2.54. The number of carbonyl (C=O) groups is 2. The lowest BCUT2D eigenvalue weighted by Gasteiger charge is -2.19. The summed E-state index contributed by atoms with van der Waals surface area (Å²) in [5, 5.41) is 0. The van der Waals surface area contributed by atoms with Crippen molar-refractivity contribution in [3.05, 3.63) is 35.9 Å². The number of nitrogens with zero attached hydrogens (tertiary/aromatic N) is 1. The fourth-order valence-corrected chi connectivity index (χ4v) is 3.80. The molecule has 1 aliphatic heterocycles. The Bertz CT molecular complexity index is 719. The van der Waals surface area contributed by atoms with Crippen LogP contribution in [0.1, 0.15) is 17.9 Å². The molecule has 0 radical (unpaired) electrons. The summed E-state index contributed by atoms with van der Waals surface area (Å²) in [6.45, 7) is -0.195. The van der Waals surface area contributed by atoms with E-state index in [0.29, 0.717) is 4.31 Å². The van der Waals surface area contributed by atoms with Crippen LogP contribution in [0.2, 0.25) is 0 Å². The Balaban J connectivity index is 1.86. The van der Waals surface area contributed by atoms with Gasteiger partial charge in [-0.15, -0.1) is 0 Å². The number of hydrogen-bond acceptors (Lipinski definition) is 6. The number of nitrogens with two attached hydrogens (primary N) is 1. The molecule has 8 nitrogen and oxygen atoms in total. The zero-order valence-electron chi connectivity index (χ0n) is 11.5. The molecule has 1 aliphatic carbocycles. The number of cyclic esters (lactones) is 1. The first-order valence-corrected chi connectivity index (χ1v) is 7.98. The monoisotopic (exact) mass is 326 g/mol. The van der Waals surface area contributed by atoms with Gasteiger partial charge in [-0.05, 0) is 12.0 Å². The predicted molar refractivity (Wildman–Crippen MR) is 73.8 cm³/mol. The van der Waals surface area contributed by atoms with Crippen LogP contribution in [0.25, 0.3) is 0 Å². The number of rotatable bonds is 5. The Morgan fingerprint density at radius 3 is 2.59 bits per heavy atom. The number of primary amides is 1. The molecule has 0 bridgehead atoms. The van der Waals surface area contributed by atoms with Gasteiger partial charge in [0.2, 0.25) is 0 Å². The van der Waals surface area contributed by atoms with Crippen molar-refractivity contribution in [1.29, 1.82) is 0 Å². The van der Waals surface area contributed by atoms with Gasteiger partial charge < -0.3 is 10.5 Å². The van der Waals surface area contributed by atoms with Gasteiger partial charge in [-0.3, -0.25) is 4.79 Å². The number of ether oxygens (including phenoxy) is 1. The molecular formula is C13H14N2O6S. The van der Waals surface area contributed by atoms with Gasteiger partial charge in [-0.1, -0.05) is 30.3 Å². The van der Waals surface area contributed by atoms with E-state index in [-0.39, 0.29) is 19.6 Å². The van der Waals surface area contributed by atoms with Crippen LogP contribution in [-0.4, -0.2) is 43.5 Å². The summed E-state index contributed by atoms with van der Waals surface area (Å²) >= 11 is 0. The van der Waals surface area contributed by atoms with E-state index in [1.54, 1.807) is 30.3 Å². The molecule has 0 aromatic heterocycles. The number of benzene rings is 1. The van der Waals surface area contributed by atoms with Gasteiger partial charge in [0.1, 0.15) is 6.61 Å². The highest BCUT2D eigenvalue weighted by molar-refractivity contribution is 7.85. The fraction of sp³-hybridized carbons (Fsp3) is 0.385. The van der Waals surface area contributed by atoms with Crippen LogP contribution in [0, 0.1) is 0 Å². The number of amides is 2. The van der Waals surface area contributed by atoms with Gasteiger partial charge in [0.25, 0.3) is 5.91 Å². The molecule has 2 unspecified atom stereocenters. The molecule has 22 heavy (non-hydrogen) atoms. The second kappa shape index (κ2) is 4.96. The van der Waals surface area contributed by atoms with Crippen LogP contribution in [0.4, 0.5) is 4.79 Å². The van der Waals surface area contributed by atoms with Crippen LogP contribution in [0.15, 0.2) is 30.3 Å². The minimum Gasteiger partial charge on any atom is -0.447 e. The average Bonchev–Trinajstić information content (AvgIpc) is 3.02. The van der Waals surface area contributed by atoms with Crippen molar-refractivity contribution in [3.8, 4) is 0 Å². The molecule has 1 saturated carbocycles. The van der Waals surface area contributed by atoms with E-state index in [9.17, 15) is 18.0 Å². The summed E-state index contributed by atoms with van der Waals surface area (Å²) in [6.07, 6.45) is -0.870. The Kier molecular flexibility index (Phi) is 3.33. The smallest absolute Gasteiger partial charge is 0.425 e. The molecule has 2 amide bonds. The van der Waals surface area contributed by atoms with Crippen molar-refractivity contribution in [1.82, 2.24) is 4.31 Å². The van der Waals surface area contributed by atoms with E-state index in [4.69, 9.17) is 9.92 Å². The SMILES string of the molecule is NC(=O)C1(OS(=O)(=O)N2CCOC2=O)CC1c1ccccc1. The normalized spacial score (nSPS) is 27.5. The second-order valence-corrected chi connectivity index (χ2v) is 6.61. The summed E-state index contributed by atoms with van der Waals surface area (Å²) in [6, 6.07) is 8.86. The predicted octanol–water partition coefficient (Wildman–Crippen LogP) is 0.112. The van der Waals surface area contributed by atoms with Gasteiger partial charge in [0, 0.05) is 5.92 Å². The van der Waals surface area contributed by atoms with Crippen molar-refractivity contribution in [2.75, 3.05) is 13.2 Å². The minimum atomic E-state index is -4.43. The maximum absolute atomic E-state index is 12.2. The topological polar surface area (TPSA) is 116 Å². The van der Waals surface area contributed by atoms with Gasteiger partial charge >= 0.3 is 16.4 Å². The van der Waals surface area contributed by atoms with Crippen molar-refractivity contribution in [2.45, 2.75) is 17.9 Å². The third kappa shape index (κ3) is 2.32. The van der Waals surface area contributed by atoms with Crippen molar-refractivity contribution >= 4 is 22.3 Å². The van der Waals surface area contributed by atoms with E-state index >= 15 is 0 Å². The van der Waals surface area contributed by atoms with E-state index in [1.165, 1.54) is 0 Å². The number of carbonyl (C=O) groups excluding carboxylic acids is 2. The largest absolute Gasteiger partial charge is 0.447 e. The second-order valence-electron chi connectivity index (χ2n) is 5.15. The van der Waals surface area contributed by atoms with Gasteiger partial charge in [0.05, 0.1) is 6.54 Å². The van der Waals surface area contributed by atoms with Gasteiger partial charge in [-0.25, -0.2) is 8.98 Å². The summed E-state index contributed by atoms with van der Waals surface area (Å²) in [5.74, 6) is -1.34. The zero-order chi connectivity index (χ0) is 16.0. The molecule has 9 heteroatoms. The zero-order valence-corrected chi connectivity index (χ0v) is 12.3. The highest BCUT2D eigenvalue weighted by Crippen LogP contribution is 2.55. The standard InChI is InChI=1S/C13H14N2O6S/c14-11(16)13(8-10(13)9-4-2-1-3-5-9)21-22(18,19)15-6-7-20-12(15)17/h1-5,10H,6-8H2,(H2,14,16).